The first kappa shape index (κ1) is 22.0. The van der Waals surface area contributed by atoms with Gasteiger partial charge < -0.3 is 9.30 Å². The summed E-state index contributed by atoms with van der Waals surface area (Å²) in [5, 5.41) is 12.9. The Balaban J connectivity index is 1.61. The molecule has 0 bridgehead atoms. The van der Waals surface area contributed by atoms with E-state index in [4.69, 9.17) is 4.74 Å². The molecule has 1 N–H and O–H groups in total. The molecule has 3 aromatic rings. The third kappa shape index (κ3) is 5.45. The smallest absolute Gasteiger partial charge is 0.250 e. The van der Waals surface area contributed by atoms with Gasteiger partial charge in [-0.1, -0.05) is 27.7 Å². The van der Waals surface area contributed by atoms with Crippen molar-refractivity contribution >= 4 is 39.8 Å². The highest BCUT2D eigenvalue weighted by Gasteiger charge is 2.14. The fraction of sp³-hybridized carbons (Fsp3) is 0.200. The number of hydrazone groups is 1. The molecule has 1 amide bonds. The molecule has 156 valence electrons. The molecular formula is C20H19BrFN5O2S. The van der Waals surface area contributed by atoms with Gasteiger partial charge in [0.15, 0.2) is 11.0 Å². The standard InChI is InChI=1S/C20H19BrFN5O2S/c1-3-27-19(13-4-7-16(29-2)8-5-13)25-26-20(27)30-12-18(28)24-23-11-14-10-15(21)6-9-17(14)22/h4-11H,3,12H2,1-2H3,(H,24,28)/b23-11-. The van der Waals surface area contributed by atoms with Gasteiger partial charge in [-0.3, -0.25) is 4.79 Å². The van der Waals surface area contributed by atoms with Gasteiger partial charge in [-0.25, -0.2) is 9.82 Å². The average molecular weight is 492 g/mol. The maximum absolute atomic E-state index is 13.7. The van der Waals surface area contributed by atoms with Crippen LogP contribution in [0, 0.1) is 5.82 Å². The lowest BCUT2D eigenvalue weighted by atomic mass is 10.2. The number of carbonyl (C=O) groups excluding carboxylic acids is 1. The highest BCUT2D eigenvalue weighted by Crippen LogP contribution is 2.25. The van der Waals surface area contributed by atoms with Crippen molar-refractivity contribution < 1.29 is 13.9 Å². The second kappa shape index (κ2) is 10.4. The summed E-state index contributed by atoms with van der Waals surface area (Å²) >= 11 is 4.52. The van der Waals surface area contributed by atoms with Crippen LogP contribution in [0.15, 0.2) is 57.2 Å². The van der Waals surface area contributed by atoms with Crippen LogP contribution in [-0.2, 0) is 11.3 Å². The zero-order valence-electron chi connectivity index (χ0n) is 16.3. The first-order valence-corrected chi connectivity index (χ1v) is 10.8. The molecule has 0 atom stereocenters. The summed E-state index contributed by atoms with van der Waals surface area (Å²) < 4.78 is 21.5. The van der Waals surface area contributed by atoms with Crippen molar-refractivity contribution in [3.63, 3.8) is 0 Å². The molecule has 0 spiro atoms. The summed E-state index contributed by atoms with van der Waals surface area (Å²) in [6, 6.07) is 12.0. The largest absolute Gasteiger partial charge is 0.497 e. The van der Waals surface area contributed by atoms with E-state index in [-0.39, 0.29) is 17.2 Å². The number of hydrogen-bond donors (Lipinski definition) is 1. The van der Waals surface area contributed by atoms with Crippen LogP contribution < -0.4 is 10.2 Å². The van der Waals surface area contributed by atoms with Crippen LogP contribution in [0.25, 0.3) is 11.4 Å². The van der Waals surface area contributed by atoms with Crippen molar-refractivity contribution in [3.8, 4) is 17.1 Å². The van der Waals surface area contributed by atoms with E-state index in [0.717, 1.165) is 15.8 Å². The average Bonchev–Trinajstić information content (AvgIpc) is 3.17. The third-order valence-electron chi connectivity index (χ3n) is 4.06. The highest BCUT2D eigenvalue weighted by molar-refractivity contribution is 9.10. The Hall–Kier alpha value is -2.72. The molecule has 1 aromatic heterocycles. The van der Waals surface area contributed by atoms with Crippen molar-refractivity contribution in [2.75, 3.05) is 12.9 Å². The summed E-state index contributed by atoms with van der Waals surface area (Å²) in [5.74, 6) is 0.817. The second-order valence-electron chi connectivity index (χ2n) is 6.03. The van der Waals surface area contributed by atoms with E-state index >= 15 is 0 Å². The Morgan fingerprint density at radius 3 is 2.77 bits per heavy atom. The topological polar surface area (TPSA) is 81.4 Å². The molecule has 0 aliphatic carbocycles. The van der Waals surface area contributed by atoms with E-state index in [9.17, 15) is 9.18 Å². The van der Waals surface area contributed by atoms with Crippen LogP contribution in [-0.4, -0.2) is 39.7 Å². The minimum atomic E-state index is -0.423. The molecule has 0 aliphatic rings. The van der Waals surface area contributed by atoms with Gasteiger partial charge in [0.2, 0.25) is 0 Å². The number of rotatable bonds is 8. The van der Waals surface area contributed by atoms with E-state index < -0.39 is 5.82 Å². The predicted molar refractivity (Wildman–Crippen MR) is 118 cm³/mol. The third-order valence-corrected chi connectivity index (χ3v) is 5.52. The number of ether oxygens (including phenoxy) is 1. The first-order valence-electron chi connectivity index (χ1n) is 8.99. The number of thioether (sulfide) groups is 1. The number of halogens is 2. The fourth-order valence-corrected chi connectivity index (χ4v) is 3.76. The summed E-state index contributed by atoms with van der Waals surface area (Å²) in [6.07, 6.45) is 1.26. The van der Waals surface area contributed by atoms with Crippen LogP contribution in [0.4, 0.5) is 4.39 Å². The van der Waals surface area contributed by atoms with Gasteiger partial charge in [-0.05, 0) is 49.4 Å². The number of benzene rings is 2. The minimum absolute atomic E-state index is 0.0963. The maximum atomic E-state index is 13.7. The van der Waals surface area contributed by atoms with E-state index in [0.29, 0.717) is 17.5 Å². The number of hydrogen-bond acceptors (Lipinski definition) is 6. The van der Waals surface area contributed by atoms with Gasteiger partial charge in [0.25, 0.3) is 5.91 Å². The molecule has 0 unspecified atom stereocenters. The van der Waals surface area contributed by atoms with Gasteiger partial charge in [0.05, 0.1) is 19.1 Å². The fourth-order valence-electron chi connectivity index (χ4n) is 2.58. The van der Waals surface area contributed by atoms with Gasteiger partial charge in [0.1, 0.15) is 11.6 Å². The van der Waals surface area contributed by atoms with Crippen LogP contribution in [0.5, 0.6) is 5.75 Å². The number of nitrogens with zero attached hydrogens (tertiary/aromatic N) is 4. The Bertz CT molecular complexity index is 1060. The number of nitrogens with one attached hydrogen (secondary N) is 1. The van der Waals surface area contributed by atoms with Crippen molar-refractivity contribution in [3.05, 3.63) is 58.3 Å². The first-order chi connectivity index (χ1) is 14.5. The van der Waals surface area contributed by atoms with Crippen molar-refractivity contribution in [2.45, 2.75) is 18.6 Å². The van der Waals surface area contributed by atoms with Crippen LogP contribution in [0.3, 0.4) is 0 Å². The van der Waals surface area contributed by atoms with Crippen molar-refractivity contribution in [1.82, 2.24) is 20.2 Å². The maximum Gasteiger partial charge on any atom is 0.250 e. The summed E-state index contributed by atoms with van der Waals surface area (Å²) in [4.78, 5) is 12.1. The summed E-state index contributed by atoms with van der Waals surface area (Å²) in [7, 11) is 1.61. The molecule has 0 radical (unpaired) electrons. The lowest BCUT2D eigenvalue weighted by Gasteiger charge is -2.07. The van der Waals surface area contributed by atoms with Gasteiger partial charge in [-0.2, -0.15) is 5.10 Å². The Morgan fingerprint density at radius 2 is 2.07 bits per heavy atom. The molecule has 0 fully saturated rings. The number of aromatic nitrogens is 3. The van der Waals surface area contributed by atoms with E-state index in [2.05, 4.69) is 36.7 Å². The predicted octanol–water partition coefficient (Wildman–Crippen LogP) is 4.12. The SMILES string of the molecule is CCn1c(SCC(=O)N/N=C\c2cc(Br)ccc2F)nnc1-c1ccc(OC)cc1. The molecule has 2 aromatic carbocycles. The second-order valence-corrected chi connectivity index (χ2v) is 7.88. The zero-order valence-corrected chi connectivity index (χ0v) is 18.7. The number of carbonyl (C=O) groups is 1. The van der Waals surface area contributed by atoms with Crippen LogP contribution >= 0.6 is 27.7 Å². The molecule has 10 heteroatoms. The van der Waals surface area contributed by atoms with Gasteiger partial charge >= 0.3 is 0 Å². The van der Waals surface area contributed by atoms with Crippen molar-refractivity contribution in [2.24, 2.45) is 5.10 Å². The molecule has 3 rings (SSSR count). The molecular weight excluding hydrogens is 473 g/mol. The molecule has 0 saturated heterocycles. The van der Waals surface area contributed by atoms with E-state index in [1.807, 2.05) is 35.8 Å². The monoisotopic (exact) mass is 491 g/mol. The molecule has 0 saturated carbocycles. The van der Waals surface area contributed by atoms with E-state index in [1.54, 1.807) is 19.2 Å². The summed E-state index contributed by atoms with van der Waals surface area (Å²) in [6.45, 7) is 2.63. The molecule has 1 heterocycles. The Morgan fingerprint density at radius 1 is 1.30 bits per heavy atom. The zero-order chi connectivity index (χ0) is 21.5. The summed E-state index contributed by atoms with van der Waals surface area (Å²) in [5.41, 5.74) is 3.57. The van der Waals surface area contributed by atoms with Gasteiger partial charge in [0, 0.05) is 22.1 Å². The van der Waals surface area contributed by atoms with Crippen LogP contribution in [0.2, 0.25) is 0 Å². The quantitative estimate of drug-likeness (QED) is 0.291. The van der Waals surface area contributed by atoms with Crippen LogP contribution in [0.1, 0.15) is 12.5 Å². The molecule has 30 heavy (non-hydrogen) atoms. The minimum Gasteiger partial charge on any atom is -0.497 e. The van der Waals surface area contributed by atoms with E-state index in [1.165, 1.54) is 24.0 Å². The molecule has 7 nitrogen and oxygen atoms in total. The van der Waals surface area contributed by atoms with Crippen molar-refractivity contribution in [1.29, 1.82) is 0 Å². The Labute approximate surface area is 185 Å². The lowest BCUT2D eigenvalue weighted by Crippen LogP contribution is -2.20. The lowest BCUT2D eigenvalue weighted by molar-refractivity contribution is -0.118. The highest BCUT2D eigenvalue weighted by atomic mass is 79.9. The Kier molecular flexibility index (Phi) is 7.58. The van der Waals surface area contributed by atoms with Gasteiger partial charge in [-0.15, -0.1) is 10.2 Å². The normalized spacial score (nSPS) is 11.1. The number of methoxy groups -OCH3 is 1. The molecule has 0 aliphatic heterocycles. The number of amides is 1.